The van der Waals surface area contributed by atoms with Crippen molar-refractivity contribution in [1.29, 1.82) is 0 Å². The van der Waals surface area contributed by atoms with Crippen LogP contribution < -0.4 is 4.74 Å². The van der Waals surface area contributed by atoms with Crippen LogP contribution in [0.3, 0.4) is 0 Å². The largest absolute Gasteiger partial charge is 0.504 e. The van der Waals surface area contributed by atoms with E-state index in [4.69, 9.17) is 9.47 Å². The summed E-state index contributed by atoms with van der Waals surface area (Å²) in [6, 6.07) is 5.33. The second kappa shape index (κ2) is 7.76. The van der Waals surface area contributed by atoms with E-state index < -0.39 is 0 Å². The number of hydrogen-bond acceptors (Lipinski definition) is 6. The molecule has 0 radical (unpaired) electrons. The number of fused-ring (bicyclic) bond motifs is 6. The summed E-state index contributed by atoms with van der Waals surface area (Å²) in [6.07, 6.45) is 5.61. The number of amides is 1. The van der Waals surface area contributed by atoms with Gasteiger partial charge in [-0.05, 0) is 55.7 Å². The molecule has 5 rings (SSSR count). The van der Waals surface area contributed by atoms with Crippen LogP contribution in [-0.4, -0.2) is 71.7 Å². The van der Waals surface area contributed by atoms with Crippen LogP contribution in [0.5, 0.6) is 11.5 Å². The average molecular weight is 415 g/mol. The average Bonchev–Trinajstić information content (AvgIpc) is 2.75. The Balaban J connectivity index is 1.26. The van der Waals surface area contributed by atoms with Gasteiger partial charge in [0.25, 0.3) is 0 Å². The molecule has 4 aliphatic rings. The number of aromatic hydroxyl groups is 1. The van der Waals surface area contributed by atoms with Gasteiger partial charge in [0.15, 0.2) is 11.5 Å². The van der Waals surface area contributed by atoms with Gasteiger partial charge in [-0.2, -0.15) is 0 Å². The van der Waals surface area contributed by atoms with E-state index >= 15 is 0 Å². The van der Waals surface area contributed by atoms with Gasteiger partial charge in [0.2, 0.25) is 5.91 Å². The highest BCUT2D eigenvalue weighted by Gasteiger charge is 2.49. The van der Waals surface area contributed by atoms with E-state index in [1.807, 2.05) is 0 Å². The minimum Gasteiger partial charge on any atom is -0.504 e. The van der Waals surface area contributed by atoms with Crippen LogP contribution in [0, 0.1) is 11.8 Å². The van der Waals surface area contributed by atoms with Crippen molar-refractivity contribution in [1.82, 2.24) is 9.80 Å². The molecule has 162 valence electrons. The first-order valence-electron chi connectivity index (χ1n) is 11.1. The Morgan fingerprint density at radius 2 is 1.97 bits per heavy atom. The lowest BCUT2D eigenvalue weighted by atomic mass is 9.70. The first kappa shape index (κ1) is 19.7. The Kier molecular flexibility index (Phi) is 5.09. The third-order valence-corrected chi connectivity index (χ3v) is 7.61. The van der Waals surface area contributed by atoms with E-state index in [0.29, 0.717) is 41.8 Å². The molecule has 7 heteroatoms. The predicted octanol–water partition coefficient (Wildman–Crippen LogP) is 2.42. The number of nitrogens with zero attached hydrogens (tertiary/aromatic N) is 2. The fraction of sp³-hybridized carbons (Fsp3) is 0.652. The molecule has 4 fully saturated rings. The third-order valence-electron chi connectivity index (χ3n) is 7.61. The Hall–Kier alpha value is -2.28. The summed E-state index contributed by atoms with van der Waals surface area (Å²) >= 11 is 0. The number of benzene rings is 1. The highest BCUT2D eigenvalue weighted by atomic mass is 16.5. The van der Waals surface area contributed by atoms with Crippen molar-refractivity contribution in [2.45, 2.75) is 56.7 Å². The molecule has 30 heavy (non-hydrogen) atoms. The van der Waals surface area contributed by atoms with Gasteiger partial charge < -0.3 is 19.5 Å². The van der Waals surface area contributed by atoms with Crippen molar-refractivity contribution in [3.05, 3.63) is 23.8 Å². The van der Waals surface area contributed by atoms with Crippen molar-refractivity contribution in [2.24, 2.45) is 11.8 Å². The van der Waals surface area contributed by atoms with Gasteiger partial charge in [-0.25, -0.2) is 4.79 Å². The van der Waals surface area contributed by atoms with Gasteiger partial charge in [-0.3, -0.25) is 9.69 Å². The molecule has 1 amide bonds. The monoisotopic (exact) mass is 414 g/mol. The van der Waals surface area contributed by atoms with Gasteiger partial charge in [0.1, 0.15) is 6.10 Å². The number of phenols is 1. The van der Waals surface area contributed by atoms with Crippen LogP contribution in [0.15, 0.2) is 18.2 Å². The highest BCUT2D eigenvalue weighted by molar-refractivity contribution is 5.90. The summed E-state index contributed by atoms with van der Waals surface area (Å²) in [7, 11) is 1.46. The molecule has 1 N–H and O–H groups in total. The summed E-state index contributed by atoms with van der Waals surface area (Å²) in [4.78, 5) is 29.9. The summed E-state index contributed by atoms with van der Waals surface area (Å²) in [6.45, 7) is 2.86. The summed E-state index contributed by atoms with van der Waals surface area (Å²) in [5.41, 5.74) is 0.384. The first-order chi connectivity index (χ1) is 14.5. The predicted molar refractivity (Wildman–Crippen MR) is 109 cm³/mol. The molecule has 5 atom stereocenters. The number of carbonyl (C=O) groups excluding carboxylic acids is 2. The molecule has 0 aromatic heterocycles. The number of piperidine rings is 4. The molecule has 1 aromatic carbocycles. The second-order valence-electron chi connectivity index (χ2n) is 9.26. The highest BCUT2D eigenvalue weighted by Crippen LogP contribution is 2.43. The third kappa shape index (κ3) is 3.43. The summed E-state index contributed by atoms with van der Waals surface area (Å²) in [5, 5.41) is 9.74. The molecule has 1 aromatic rings. The molecule has 4 aliphatic heterocycles. The first-order valence-corrected chi connectivity index (χ1v) is 11.1. The Morgan fingerprint density at radius 1 is 1.13 bits per heavy atom. The smallest absolute Gasteiger partial charge is 0.338 e. The van der Waals surface area contributed by atoms with Crippen molar-refractivity contribution < 1.29 is 24.2 Å². The van der Waals surface area contributed by atoms with E-state index in [9.17, 15) is 14.7 Å². The number of methoxy groups -OCH3 is 1. The van der Waals surface area contributed by atoms with Crippen LogP contribution in [0.4, 0.5) is 0 Å². The van der Waals surface area contributed by atoms with Crippen LogP contribution in [-0.2, 0) is 9.53 Å². The molecular formula is C23H30N2O5. The standard InChI is InChI=1S/C23H30N2O5/c1-29-21-10-14(5-6-20(21)26)23(28)30-17-7-8-24-12-15-9-16(19(24)11-17)13-25-18(15)3-2-4-22(25)27/h5-6,10,15-19,26H,2-4,7-9,11-13H2,1H3/t15-,16-,17-,18+,19-/m0/s1. The van der Waals surface area contributed by atoms with Crippen LogP contribution >= 0.6 is 0 Å². The maximum atomic E-state index is 12.7. The molecule has 0 saturated carbocycles. The van der Waals surface area contributed by atoms with Crippen molar-refractivity contribution in [3.63, 3.8) is 0 Å². The SMILES string of the molecule is COc1cc(C(=O)O[C@H]2CCN3C[C@@H]4C[C@@H](CN5C(=O)CCC[C@H]45)[C@@H]3C2)ccc1O. The maximum Gasteiger partial charge on any atom is 0.338 e. The van der Waals surface area contributed by atoms with Gasteiger partial charge in [-0.15, -0.1) is 0 Å². The fourth-order valence-electron chi connectivity index (χ4n) is 6.18. The van der Waals surface area contributed by atoms with E-state index in [1.54, 1.807) is 6.07 Å². The van der Waals surface area contributed by atoms with E-state index in [0.717, 1.165) is 45.3 Å². The number of phenolic OH excluding ortho intramolecular Hbond substituents is 1. The van der Waals surface area contributed by atoms with E-state index in [-0.39, 0.29) is 23.6 Å². The molecule has 0 spiro atoms. The maximum absolute atomic E-state index is 12.7. The normalized spacial score (nSPS) is 33.4. The van der Waals surface area contributed by atoms with Crippen molar-refractivity contribution >= 4 is 11.9 Å². The molecule has 0 aliphatic carbocycles. The summed E-state index contributed by atoms with van der Waals surface area (Å²) < 4.78 is 10.9. The number of carbonyl (C=O) groups is 2. The Bertz CT molecular complexity index is 843. The lowest BCUT2D eigenvalue weighted by Gasteiger charge is -2.57. The van der Waals surface area contributed by atoms with Gasteiger partial charge >= 0.3 is 5.97 Å². The molecular weight excluding hydrogens is 384 g/mol. The zero-order valence-electron chi connectivity index (χ0n) is 17.5. The topological polar surface area (TPSA) is 79.3 Å². The summed E-state index contributed by atoms with van der Waals surface area (Å²) in [5.74, 6) is 1.28. The van der Waals surface area contributed by atoms with Crippen LogP contribution in [0.2, 0.25) is 0 Å². The van der Waals surface area contributed by atoms with Gasteiger partial charge in [0.05, 0.1) is 12.7 Å². The number of esters is 1. The zero-order valence-corrected chi connectivity index (χ0v) is 17.5. The molecule has 4 saturated heterocycles. The van der Waals surface area contributed by atoms with Crippen LogP contribution in [0.1, 0.15) is 48.9 Å². The van der Waals surface area contributed by atoms with Gasteiger partial charge in [-0.1, -0.05) is 0 Å². The lowest BCUT2D eigenvalue weighted by molar-refractivity contribution is -0.150. The second-order valence-corrected chi connectivity index (χ2v) is 9.26. The minimum atomic E-state index is -0.379. The zero-order chi connectivity index (χ0) is 20.8. The molecule has 0 unspecified atom stereocenters. The lowest BCUT2D eigenvalue weighted by Crippen LogP contribution is -2.65. The van der Waals surface area contributed by atoms with Crippen LogP contribution in [0.25, 0.3) is 0 Å². The van der Waals surface area contributed by atoms with E-state index in [1.165, 1.54) is 25.7 Å². The number of rotatable bonds is 3. The number of ether oxygens (including phenoxy) is 2. The molecule has 7 nitrogen and oxygen atoms in total. The van der Waals surface area contributed by atoms with Gasteiger partial charge in [0, 0.05) is 44.6 Å². The molecule has 2 bridgehead atoms. The number of hydrogen-bond donors (Lipinski definition) is 1. The van der Waals surface area contributed by atoms with Crippen molar-refractivity contribution in [2.75, 3.05) is 26.7 Å². The Morgan fingerprint density at radius 3 is 2.80 bits per heavy atom. The van der Waals surface area contributed by atoms with Crippen molar-refractivity contribution in [3.8, 4) is 11.5 Å². The minimum absolute atomic E-state index is 0.00183. The van der Waals surface area contributed by atoms with E-state index in [2.05, 4.69) is 9.80 Å². The molecule has 4 heterocycles. The quantitative estimate of drug-likeness (QED) is 0.766. The fourth-order valence-corrected chi connectivity index (χ4v) is 6.18. The Labute approximate surface area is 176 Å².